The van der Waals surface area contributed by atoms with Crippen molar-refractivity contribution >= 4 is 11.7 Å². The Bertz CT molecular complexity index is 990. The molecule has 3 aromatic rings. The van der Waals surface area contributed by atoms with Gasteiger partial charge in [0.1, 0.15) is 5.75 Å². The van der Waals surface area contributed by atoms with Crippen LogP contribution in [0.3, 0.4) is 0 Å². The Labute approximate surface area is 178 Å². The molecule has 2 aromatic carbocycles. The molecule has 5 nitrogen and oxygen atoms in total. The fourth-order valence-electron chi connectivity index (χ4n) is 4.01. The first kappa shape index (κ1) is 20.1. The largest absolute Gasteiger partial charge is 0.494 e. The maximum Gasteiger partial charge on any atom is 0.322 e. The molecule has 1 atom stereocenters. The number of carbonyl (C=O) groups excluding carboxylic acids is 1. The van der Waals surface area contributed by atoms with Gasteiger partial charge in [0.25, 0.3) is 0 Å². The summed E-state index contributed by atoms with van der Waals surface area (Å²) in [5.41, 5.74) is 4.33. The van der Waals surface area contributed by atoms with Crippen molar-refractivity contribution in [3.8, 4) is 5.75 Å². The molecule has 1 aliphatic rings. The van der Waals surface area contributed by atoms with E-state index in [1.807, 2.05) is 36.1 Å². The van der Waals surface area contributed by atoms with Crippen LogP contribution in [0, 0.1) is 0 Å². The van der Waals surface area contributed by atoms with E-state index in [2.05, 4.69) is 66.3 Å². The van der Waals surface area contributed by atoms with Crippen LogP contribution in [0.4, 0.5) is 10.5 Å². The van der Waals surface area contributed by atoms with Crippen molar-refractivity contribution in [3.63, 3.8) is 0 Å². The lowest BCUT2D eigenvalue weighted by Gasteiger charge is -2.37. The van der Waals surface area contributed by atoms with Crippen LogP contribution in [0.25, 0.3) is 0 Å². The number of urea groups is 1. The van der Waals surface area contributed by atoms with Crippen molar-refractivity contribution in [1.29, 1.82) is 0 Å². The fraction of sp³-hybridized carbons (Fsp3) is 0.320. The highest BCUT2D eigenvalue weighted by Crippen LogP contribution is 2.33. The third-order valence-corrected chi connectivity index (χ3v) is 5.63. The number of ether oxygens (including phenoxy) is 1. The number of nitrogens with one attached hydrogen (secondary N) is 1. The molecule has 0 fully saturated rings. The van der Waals surface area contributed by atoms with Crippen molar-refractivity contribution in [1.82, 2.24) is 9.47 Å². The van der Waals surface area contributed by atoms with Crippen molar-refractivity contribution in [3.05, 3.63) is 83.7 Å². The zero-order valence-corrected chi connectivity index (χ0v) is 17.8. The Morgan fingerprint density at radius 1 is 1.07 bits per heavy atom. The average molecular weight is 404 g/mol. The molecule has 1 N–H and O–H groups in total. The third-order valence-electron chi connectivity index (χ3n) is 5.63. The second kappa shape index (κ2) is 8.66. The molecule has 2 heterocycles. The van der Waals surface area contributed by atoms with Crippen LogP contribution in [0.2, 0.25) is 0 Å². The van der Waals surface area contributed by atoms with E-state index in [4.69, 9.17) is 4.74 Å². The van der Waals surface area contributed by atoms with Gasteiger partial charge in [0, 0.05) is 30.7 Å². The van der Waals surface area contributed by atoms with Gasteiger partial charge in [0.05, 0.1) is 12.6 Å². The molecule has 1 aromatic heterocycles. The smallest absolute Gasteiger partial charge is 0.322 e. The Kier molecular flexibility index (Phi) is 5.79. The Hall–Kier alpha value is -3.21. The number of amides is 2. The molecule has 156 valence electrons. The molecule has 0 aliphatic carbocycles. The molecule has 0 bridgehead atoms. The van der Waals surface area contributed by atoms with E-state index in [-0.39, 0.29) is 12.1 Å². The number of rotatable bonds is 5. The number of fused-ring (bicyclic) bond motifs is 1. The van der Waals surface area contributed by atoms with Gasteiger partial charge in [0.2, 0.25) is 0 Å². The predicted octanol–water partition coefficient (Wildman–Crippen LogP) is 5.65. The summed E-state index contributed by atoms with van der Waals surface area (Å²) in [5.74, 6) is 1.28. The lowest BCUT2D eigenvalue weighted by molar-refractivity contribution is 0.182. The highest BCUT2D eigenvalue weighted by atomic mass is 16.5. The van der Waals surface area contributed by atoms with Gasteiger partial charge in [-0.1, -0.05) is 38.1 Å². The van der Waals surface area contributed by atoms with Gasteiger partial charge in [-0.15, -0.1) is 0 Å². The number of hydrogen-bond donors (Lipinski definition) is 1. The lowest BCUT2D eigenvalue weighted by Crippen LogP contribution is -2.44. The first-order chi connectivity index (χ1) is 14.6. The minimum absolute atomic E-state index is 0.0930. The summed E-state index contributed by atoms with van der Waals surface area (Å²) in [6.45, 7) is 8.40. The molecule has 2 amide bonds. The Morgan fingerprint density at radius 3 is 2.47 bits per heavy atom. The Balaban J connectivity index is 1.59. The SMILES string of the molecule is CCOc1ccc(NC(=O)N2CCn3cccc3C2c2ccc(C(C)C)cc2)cc1. The van der Waals surface area contributed by atoms with Crippen LogP contribution in [0.5, 0.6) is 5.75 Å². The maximum absolute atomic E-state index is 13.2. The van der Waals surface area contributed by atoms with Crippen LogP contribution < -0.4 is 10.1 Å². The molecule has 5 heteroatoms. The van der Waals surface area contributed by atoms with Gasteiger partial charge in [-0.2, -0.15) is 0 Å². The molecule has 30 heavy (non-hydrogen) atoms. The molecular weight excluding hydrogens is 374 g/mol. The van der Waals surface area contributed by atoms with Crippen molar-refractivity contribution in [2.75, 3.05) is 18.5 Å². The summed E-state index contributed by atoms with van der Waals surface area (Å²) in [6.07, 6.45) is 2.09. The van der Waals surface area contributed by atoms with Gasteiger partial charge in [-0.25, -0.2) is 4.79 Å². The molecule has 1 unspecified atom stereocenters. The molecule has 1 aliphatic heterocycles. The highest BCUT2D eigenvalue weighted by Gasteiger charge is 2.32. The number of carbonyl (C=O) groups is 1. The Morgan fingerprint density at radius 2 is 1.80 bits per heavy atom. The van der Waals surface area contributed by atoms with E-state index in [0.717, 1.165) is 29.2 Å². The second-order valence-electron chi connectivity index (χ2n) is 7.93. The number of nitrogens with zero attached hydrogens (tertiary/aromatic N) is 2. The number of aromatic nitrogens is 1. The second-order valence-corrected chi connectivity index (χ2v) is 7.93. The molecule has 4 rings (SSSR count). The van der Waals surface area contributed by atoms with Gasteiger partial charge in [-0.3, -0.25) is 0 Å². The topological polar surface area (TPSA) is 46.5 Å². The zero-order valence-electron chi connectivity index (χ0n) is 17.8. The summed E-state index contributed by atoms with van der Waals surface area (Å²) < 4.78 is 7.73. The van der Waals surface area contributed by atoms with Gasteiger partial charge >= 0.3 is 6.03 Å². The van der Waals surface area contributed by atoms with Crippen molar-refractivity contribution < 1.29 is 9.53 Å². The number of hydrogen-bond acceptors (Lipinski definition) is 2. The summed E-state index contributed by atoms with van der Waals surface area (Å²) in [4.78, 5) is 15.2. The van der Waals surface area contributed by atoms with E-state index in [1.54, 1.807) is 0 Å². The minimum atomic E-state index is -0.113. The summed E-state index contributed by atoms with van der Waals surface area (Å²) in [6, 6.07) is 20.1. The highest BCUT2D eigenvalue weighted by molar-refractivity contribution is 5.90. The summed E-state index contributed by atoms with van der Waals surface area (Å²) in [7, 11) is 0. The first-order valence-electron chi connectivity index (χ1n) is 10.6. The lowest BCUT2D eigenvalue weighted by atomic mass is 9.96. The molecule has 0 saturated carbocycles. The zero-order chi connectivity index (χ0) is 21.1. The molecule has 0 radical (unpaired) electrons. The van der Waals surface area contributed by atoms with Crippen molar-refractivity contribution in [2.24, 2.45) is 0 Å². The molecule has 0 spiro atoms. The van der Waals surface area contributed by atoms with Crippen LogP contribution in [0.15, 0.2) is 66.9 Å². The van der Waals surface area contributed by atoms with E-state index in [1.165, 1.54) is 5.56 Å². The standard InChI is InChI=1S/C25H29N3O2/c1-4-30-22-13-11-21(12-14-22)26-25(29)28-17-16-27-15-5-6-23(27)24(28)20-9-7-19(8-10-20)18(2)3/h5-15,18,24H,4,16-17H2,1-3H3,(H,26,29). The van der Waals surface area contributed by atoms with E-state index >= 15 is 0 Å². The van der Waals surface area contributed by atoms with E-state index in [9.17, 15) is 4.79 Å². The molecule has 0 saturated heterocycles. The maximum atomic E-state index is 13.2. The average Bonchev–Trinajstić information content (AvgIpc) is 3.23. The molecular formula is C25H29N3O2. The first-order valence-corrected chi connectivity index (χ1v) is 10.6. The fourth-order valence-corrected chi connectivity index (χ4v) is 4.01. The predicted molar refractivity (Wildman–Crippen MR) is 120 cm³/mol. The third kappa shape index (κ3) is 4.06. The minimum Gasteiger partial charge on any atom is -0.494 e. The number of anilines is 1. The van der Waals surface area contributed by atoms with Crippen LogP contribution >= 0.6 is 0 Å². The van der Waals surface area contributed by atoms with Crippen LogP contribution in [-0.4, -0.2) is 28.6 Å². The van der Waals surface area contributed by atoms with Crippen molar-refractivity contribution in [2.45, 2.75) is 39.3 Å². The van der Waals surface area contributed by atoms with E-state index < -0.39 is 0 Å². The summed E-state index contributed by atoms with van der Waals surface area (Å²) >= 11 is 0. The van der Waals surface area contributed by atoms with Crippen LogP contribution in [-0.2, 0) is 6.54 Å². The summed E-state index contributed by atoms with van der Waals surface area (Å²) in [5, 5.41) is 3.06. The van der Waals surface area contributed by atoms with Gasteiger partial charge < -0.3 is 19.5 Å². The van der Waals surface area contributed by atoms with Gasteiger partial charge in [-0.05, 0) is 60.4 Å². The van der Waals surface area contributed by atoms with Crippen LogP contribution in [0.1, 0.15) is 49.6 Å². The monoisotopic (exact) mass is 403 g/mol. The van der Waals surface area contributed by atoms with E-state index in [0.29, 0.717) is 19.1 Å². The number of benzene rings is 2. The normalized spacial score (nSPS) is 15.7. The quantitative estimate of drug-likeness (QED) is 0.599. The van der Waals surface area contributed by atoms with Gasteiger partial charge in [0.15, 0.2) is 0 Å².